The second kappa shape index (κ2) is 9.72. The number of aromatic nitrogens is 1. The number of aryl methyl sites for hydroxylation is 2. The molecule has 0 spiro atoms. The molecule has 186 valence electrons. The molecule has 0 N–H and O–H groups in total. The molecule has 9 heteroatoms. The van der Waals surface area contributed by atoms with Crippen molar-refractivity contribution in [2.75, 3.05) is 11.4 Å². The molecule has 1 saturated heterocycles. The number of sulfonamides is 1. The van der Waals surface area contributed by atoms with E-state index >= 15 is 0 Å². The van der Waals surface area contributed by atoms with Crippen molar-refractivity contribution in [3.05, 3.63) is 89.2 Å². The highest BCUT2D eigenvalue weighted by atomic mass is 32.2. The van der Waals surface area contributed by atoms with E-state index in [2.05, 4.69) is 12.1 Å². The summed E-state index contributed by atoms with van der Waals surface area (Å²) in [6.07, 6.45) is 0.974. The molecule has 0 bridgehead atoms. The number of benzene rings is 3. The molecule has 1 fully saturated rings. The summed E-state index contributed by atoms with van der Waals surface area (Å²) in [6, 6.07) is 17.6. The molecular weight excluding hydrogens is 497 g/mol. The first-order valence-electron chi connectivity index (χ1n) is 11.7. The second-order valence-electron chi connectivity index (χ2n) is 9.06. The summed E-state index contributed by atoms with van der Waals surface area (Å²) in [5.74, 6) is -0.825. The average Bonchev–Trinajstić information content (AvgIpc) is 3.51. The van der Waals surface area contributed by atoms with Crippen LogP contribution in [0, 0.1) is 19.7 Å². The lowest BCUT2D eigenvalue weighted by atomic mass is 10.1. The van der Waals surface area contributed by atoms with Gasteiger partial charge in [-0.05, 0) is 73.7 Å². The number of hydrogen-bond acceptors (Lipinski definition) is 5. The van der Waals surface area contributed by atoms with Gasteiger partial charge in [0.25, 0.3) is 0 Å². The van der Waals surface area contributed by atoms with Crippen LogP contribution < -0.4 is 4.90 Å². The molecule has 5 rings (SSSR count). The first-order chi connectivity index (χ1) is 17.2. The Bertz CT molecular complexity index is 1520. The average molecular weight is 524 g/mol. The van der Waals surface area contributed by atoms with Gasteiger partial charge in [0.1, 0.15) is 11.9 Å². The summed E-state index contributed by atoms with van der Waals surface area (Å²) in [4.78, 5) is 20.4. The Hall–Kier alpha value is -3.14. The molecule has 0 aliphatic carbocycles. The van der Waals surface area contributed by atoms with E-state index in [1.807, 2.05) is 44.2 Å². The molecule has 1 aliphatic rings. The molecule has 1 aromatic heterocycles. The van der Waals surface area contributed by atoms with Crippen LogP contribution >= 0.6 is 11.3 Å². The van der Waals surface area contributed by atoms with Gasteiger partial charge < -0.3 is 0 Å². The van der Waals surface area contributed by atoms with E-state index in [1.54, 1.807) is 4.90 Å². The van der Waals surface area contributed by atoms with E-state index in [1.165, 1.54) is 27.8 Å². The monoisotopic (exact) mass is 523 g/mol. The van der Waals surface area contributed by atoms with Gasteiger partial charge in [0.05, 0.1) is 21.7 Å². The molecular formula is C27H26FN3O3S2. The molecule has 6 nitrogen and oxygen atoms in total. The minimum Gasteiger partial charge on any atom is -0.282 e. The molecule has 1 unspecified atom stereocenters. The van der Waals surface area contributed by atoms with Gasteiger partial charge in [-0.1, -0.05) is 47.7 Å². The largest absolute Gasteiger partial charge is 0.282 e. The van der Waals surface area contributed by atoms with Gasteiger partial charge in [0.2, 0.25) is 15.9 Å². The third-order valence-electron chi connectivity index (χ3n) is 6.41. The van der Waals surface area contributed by atoms with Crippen molar-refractivity contribution in [1.82, 2.24) is 9.29 Å². The van der Waals surface area contributed by atoms with Gasteiger partial charge in [0, 0.05) is 6.54 Å². The van der Waals surface area contributed by atoms with E-state index < -0.39 is 21.9 Å². The minimum absolute atomic E-state index is 0.0238. The van der Waals surface area contributed by atoms with Crippen molar-refractivity contribution in [2.45, 2.75) is 44.2 Å². The molecule has 0 saturated carbocycles. The van der Waals surface area contributed by atoms with Crippen LogP contribution in [0.15, 0.2) is 71.6 Å². The highest BCUT2D eigenvalue weighted by Gasteiger charge is 2.42. The number of nitrogens with zero attached hydrogens (tertiary/aromatic N) is 3. The summed E-state index contributed by atoms with van der Waals surface area (Å²) in [5.41, 5.74) is 3.90. The highest BCUT2D eigenvalue weighted by Crippen LogP contribution is 2.35. The molecule has 1 amide bonds. The standard InChI is InChI=1S/C27H26FN3O3S2/c1-18-15-19(2)25-24(16-18)35-27(29-25)30(17-20-7-4-3-5-8-20)26(32)23-9-6-14-31(23)36(33,34)22-12-10-21(28)11-13-22/h3-5,7-8,10-13,15-16,23H,6,9,14,17H2,1-2H3. The number of hydrogen-bond donors (Lipinski definition) is 0. The van der Waals surface area contributed by atoms with Crippen molar-refractivity contribution in [3.63, 3.8) is 0 Å². The van der Waals surface area contributed by atoms with Crippen LogP contribution in [-0.4, -0.2) is 36.2 Å². The van der Waals surface area contributed by atoms with Crippen LogP contribution in [0.3, 0.4) is 0 Å². The number of carbonyl (C=O) groups is 1. The Morgan fingerprint density at radius 2 is 1.83 bits per heavy atom. The molecule has 2 heterocycles. The van der Waals surface area contributed by atoms with Gasteiger partial charge in [-0.25, -0.2) is 17.8 Å². The van der Waals surface area contributed by atoms with Gasteiger partial charge in [-0.3, -0.25) is 9.69 Å². The number of rotatable bonds is 6. The molecule has 1 atom stereocenters. The Balaban J connectivity index is 1.54. The Kier molecular flexibility index (Phi) is 6.63. The number of fused-ring (bicyclic) bond motifs is 1. The fourth-order valence-electron chi connectivity index (χ4n) is 4.68. The fraction of sp³-hybridized carbons (Fsp3) is 0.259. The van der Waals surface area contributed by atoms with Crippen molar-refractivity contribution in [2.24, 2.45) is 0 Å². The van der Waals surface area contributed by atoms with Crippen LogP contribution in [0.2, 0.25) is 0 Å². The third-order valence-corrected chi connectivity index (χ3v) is 9.36. The Labute approximate surface area is 214 Å². The van der Waals surface area contributed by atoms with Crippen molar-refractivity contribution in [1.29, 1.82) is 0 Å². The second-order valence-corrected chi connectivity index (χ2v) is 12.0. The van der Waals surface area contributed by atoms with Crippen LogP contribution in [0.4, 0.5) is 9.52 Å². The van der Waals surface area contributed by atoms with Crippen molar-refractivity contribution in [3.8, 4) is 0 Å². The Morgan fingerprint density at radius 1 is 1.11 bits per heavy atom. The zero-order chi connectivity index (χ0) is 25.4. The number of anilines is 1. The quantitative estimate of drug-likeness (QED) is 0.338. The molecule has 1 aliphatic heterocycles. The third kappa shape index (κ3) is 4.66. The van der Waals surface area contributed by atoms with Gasteiger partial charge in [0.15, 0.2) is 5.13 Å². The van der Waals surface area contributed by atoms with Crippen LogP contribution in [0.25, 0.3) is 10.2 Å². The minimum atomic E-state index is -3.97. The lowest BCUT2D eigenvalue weighted by Crippen LogP contribution is -2.47. The van der Waals surface area contributed by atoms with Gasteiger partial charge >= 0.3 is 0 Å². The summed E-state index contributed by atoms with van der Waals surface area (Å²) in [6.45, 7) is 4.53. The lowest BCUT2D eigenvalue weighted by Gasteiger charge is -2.28. The summed E-state index contributed by atoms with van der Waals surface area (Å²) in [7, 11) is -3.97. The van der Waals surface area contributed by atoms with E-state index in [0.29, 0.717) is 18.0 Å². The SMILES string of the molecule is Cc1cc(C)c2nc(N(Cc3ccccc3)C(=O)C3CCCN3S(=O)(=O)c3ccc(F)cc3)sc2c1. The topological polar surface area (TPSA) is 70.6 Å². The number of thiazole rings is 1. The maximum absolute atomic E-state index is 14.0. The maximum atomic E-state index is 14.0. The van der Waals surface area contributed by atoms with Crippen LogP contribution in [0.5, 0.6) is 0 Å². The van der Waals surface area contributed by atoms with Crippen LogP contribution in [-0.2, 0) is 21.4 Å². The van der Waals surface area contributed by atoms with E-state index in [4.69, 9.17) is 4.98 Å². The first-order valence-corrected chi connectivity index (χ1v) is 14.0. The lowest BCUT2D eigenvalue weighted by molar-refractivity contribution is -0.121. The van der Waals surface area contributed by atoms with Crippen molar-refractivity contribution < 1.29 is 17.6 Å². The smallest absolute Gasteiger partial charge is 0.247 e. The zero-order valence-electron chi connectivity index (χ0n) is 20.0. The molecule has 3 aromatic carbocycles. The molecule has 36 heavy (non-hydrogen) atoms. The number of amides is 1. The summed E-state index contributed by atoms with van der Waals surface area (Å²) in [5, 5.41) is 0.540. The number of carbonyl (C=O) groups excluding carboxylic acids is 1. The predicted molar refractivity (Wildman–Crippen MR) is 140 cm³/mol. The Morgan fingerprint density at radius 3 is 2.56 bits per heavy atom. The zero-order valence-corrected chi connectivity index (χ0v) is 21.7. The molecule has 4 aromatic rings. The summed E-state index contributed by atoms with van der Waals surface area (Å²) >= 11 is 1.43. The van der Waals surface area contributed by atoms with Crippen LogP contribution in [0.1, 0.15) is 29.5 Å². The van der Waals surface area contributed by atoms with Gasteiger partial charge in [-0.15, -0.1) is 0 Å². The number of halogens is 1. The summed E-state index contributed by atoms with van der Waals surface area (Å²) < 4.78 is 42.5. The predicted octanol–water partition coefficient (Wildman–Crippen LogP) is 5.44. The van der Waals surface area contributed by atoms with Gasteiger partial charge in [-0.2, -0.15) is 4.31 Å². The molecule has 0 radical (unpaired) electrons. The normalized spacial score (nSPS) is 16.5. The van der Waals surface area contributed by atoms with E-state index in [-0.39, 0.29) is 23.9 Å². The van der Waals surface area contributed by atoms with Crippen molar-refractivity contribution >= 4 is 42.6 Å². The fourth-order valence-corrected chi connectivity index (χ4v) is 7.47. The van der Waals surface area contributed by atoms with E-state index in [9.17, 15) is 17.6 Å². The van der Waals surface area contributed by atoms with E-state index in [0.717, 1.165) is 39.0 Å². The highest BCUT2D eigenvalue weighted by molar-refractivity contribution is 7.89. The maximum Gasteiger partial charge on any atom is 0.247 e. The first kappa shape index (κ1) is 24.5.